The van der Waals surface area contributed by atoms with Crippen molar-refractivity contribution in [1.82, 2.24) is 4.98 Å². The second-order valence-corrected chi connectivity index (χ2v) is 6.17. The molecule has 2 aromatic carbocycles. The van der Waals surface area contributed by atoms with Crippen LogP contribution >= 0.6 is 0 Å². The van der Waals surface area contributed by atoms with E-state index in [4.69, 9.17) is 5.14 Å². The fourth-order valence-electron chi connectivity index (χ4n) is 2.12. The molecule has 0 aliphatic rings. The van der Waals surface area contributed by atoms with Gasteiger partial charge in [0.25, 0.3) is 0 Å². The Balaban J connectivity index is 2.03. The van der Waals surface area contributed by atoms with Crippen molar-refractivity contribution in [2.75, 3.05) is 5.32 Å². The lowest BCUT2D eigenvalue weighted by atomic mass is 10.1. The summed E-state index contributed by atoms with van der Waals surface area (Å²) in [6.45, 7) is 0. The van der Waals surface area contributed by atoms with E-state index in [-0.39, 0.29) is 4.90 Å². The molecule has 0 atom stereocenters. The number of sulfonamides is 1. The van der Waals surface area contributed by atoms with Crippen LogP contribution in [0.3, 0.4) is 0 Å². The molecule has 3 aromatic rings. The van der Waals surface area contributed by atoms with Gasteiger partial charge in [-0.25, -0.2) is 13.6 Å². The van der Waals surface area contributed by atoms with Crippen LogP contribution in [0.2, 0.25) is 0 Å². The first kappa shape index (κ1) is 13.5. The molecule has 6 heteroatoms. The summed E-state index contributed by atoms with van der Waals surface area (Å²) in [5.74, 6) is 0. The number of rotatable bonds is 3. The third-order valence-corrected chi connectivity index (χ3v) is 4.02. The minimum Gasteiger partial charge on any atom is -0.354 e. The fourth-order valence-corrected chi connectivity index (χ4v) is 2.68. The maximum Gasteiger partial charge on any atom is 0.238 e. The molecule has 0 aliphatic carbocycles. The number of hydrogen-bond donors (Lipinski definition) is 2. The highest BCUT2D eigenvalue weighted by atomic mass is 32.2. The van der Waals surface area contributed by atoms with Crippen molar-refractivity contribution in [2.24, 2.45) is 5.14 Å². The molecule has 3 rings (SSSR count). The Morgan fingerprint density at radius 1 is 1.00 bits per heavy atom. The van der Waals surface area contributed by atoms with Crippen LogP contribution < -0.4 is 10.5 Å². The maximum atomic E-state index is 11.4. The molecule has 21 heavy (non-hydrogen) atoms. The summed E-state index contributed by atoms with van der Waals surface area (Å²) >= 11 is 0. The van der Waals surface area contributed by atoms with Crippen molar-refractivity contribution in [2.45, 2.75) is 4.90 Å². The zero-order valence-electron chi connectivity index (χ0n) is 11.0. The number of aromatic nitrogens is 1. The first-order valence-electron chi connectivity index (χ1n) is 6.27. The van der Waals surface area contributed by atoms with Crippen LogP contribution in [-0.4, -0.2) is 13.4 Å². The lowest BCUT2D eigenvalue weighted by Gasteiger charge is -2.10. The average Bonchev–Trinajstić information content (AvgIpc) is 2.47. The van der Waals surface area contributed by atoms with E-state index < -0.39 is 10.0 Å². The van der Waals surface area contributed by atoms with E-state index in [0.29, 0.717) is 5.69 Å². The third-order valence-electron chi connectivity index (χ3n) is 3.11. The van der Waals surface area contributed by atoms with Crippen LogP contribution in [0, 0.1) is 0 Å². The zero-order chi connectivity index (χ0) is 14.9. The van der Waals surface area contributed by atoms with Crippen molar-refractivity contribution in [3.8, 4) is 0 Å². The number of nitrogens with two attached hydrogens (primary N) is 1. The number of benzene rings is 2. The summed E-state index contributed by atoms with van der Waals surface area (Å²) in [7, 11) is -3.72. The number of pyridine rings is 1. The normalized spacial score (nSPS) is 11.5. The van der Waals surface area contributed by atoms with Gasteiger partial charge in [0.05, 0.1) is 16.8 Å². The highest BCUT2D eigenvalue weighted by molar-refractivity contribution is 7.89. The van der Waals surface area contributed by atoms with Crippen LogP contribution in [0.4, 0.5) is 11.4 Å². The predicted octanol–water partition coefficient (Wildman–Crippen LogP) is 2.63. The highest BCUT2D eigenvalue weighted by Crippen LogP contribution is 2.26. The second kappa shape index (κ2) is 5.16. The number of nitrogens with one attached hydrogen (secondary N) is 1. The molecule has 0 amide bonds. The summed E-state index contributed by atoms with van der Waals surface area (Å²) in [5.41, 5.74) is 1.44. The number of primary sulfonamides is 1. The maximum absolute atomic E-state index is 11.4. The van der Waals surface area contributed by atoms with Crippen LogP contribution in [0.5, 0.6) is 0 Å². The van der Waals surface area contributed by atoms with Crippen molar-refractivity contribution in [3.63, 3.8) is 0 Å². The first-order valence-corrected chi connectivity index (χ1v) is 7.81. The van der Waals surface area contributed by atoms with Gasteiger partial charge in [-0.15, -0.1) is 0 Å². The zero-order valence-corrected chi connectivity index (χ0v) is 11.8. The summed E-state index contributed by atoms with van der Waals surface area (Å²) in [6, 6.07) is 14.2. The average molecular weight is 299 g/mol. The van der Waals surface area contributed by atoms with Crippen LogP contribution in [0.15, 0.2) is 65.8 Å². The van der Waals surface area contributed by atoms with E-state index in [1.165, 1.54) is 12.1 Å². The topological polar surface area (TPSA) is 85.1 Å². The van der Waals surface area contributed by atoms with Gasteiger partial charge in [0.2, 0.25) is 10.0 Å². The number of anilines is 2. The number of nitrogens with zero attached hydrogens (tertiary/aromatic N) is 1. The summed E-state index contributed by atoms with van der Waals surface area (Å²) < 4.78 is 22.8. The van der Waals surface area contributed by atoms with E-state index in [1.54, 1.807) is 24.5 Å². The Morgan fingerprint density at radius 3 is 2.62 bits per heavy atom. The molecule has 0 saturated heterocycles. The van der Waals surface area contributed by atoms with Gasteiger partial charge in [0.1, 0.15) is 0 Å². The van der Waals surface area contributed by atoms with E-state index in [0.717, 1.165) is 16.5 Å². The fraction of sp³-hybridized carbons (Fsp3) is 0. The van der Waals surface area contributed by atoms with Crippen LogP contribution in [0.25, 0.3) is 10.8 Å². The van der Waals surface area contributed by atoms with Gasteiger partial charge in [-0.3, -0.25) is 4.98 Å². The lowest BCUT2D eigenvalue weighted by Crippen LogP contribution is -2.12. The summed E-state index contributed by atoms with van der Waals surface area (Å²) in [5, 5.41) is 10.3. The molecule has 1 heterocycles. The summed E-state index contributed by atoms with van der Waals surface area (Å²) in [6.07, 6.45) is 3.48. The highest BCUT2D eigenvalue weighted by Gasteiger charge is 2.08. The van der Waals surface area contributed by atoms with Gasteiger partial charge in [-0.05, 0) is 18.2 Å². The standard InChI is InChI=1S/C15H13N3O2S/c16-21(19,20)13-6-3-5-12(8-13)18-15-10-17-9-11-4-1-2-7-14(11)15/h1-10,18H,(H2,16,19,20). The van der Waals surface area contributed by atoms with Gasteiger partial charge >= 0.3 is 0 Å². The third kappa shape index (κ3) is 2.86. The van der Waals surface area contributed by atoms with Gasteiger partial charge in [0.15, 0.2) is 0 Å². The molecule has 0 radical (unpaired) electrons. The molecular formula is C15H13N3O2S. The van der Waals surface area contributed by atoms with Crippen LogP contribution in [-0.2, 0) is 10.0 Å². The molecule has 0 fully saturated rings. The molecule has 0 bridgehead atoms. The Morgan fingerprint density at radius 2 is 1.81 bits per heavy atom. The predicted molar refractivity (Wildman–Crippen MR) is 82.8 cm³/mol. The molecule has 0 unspecified atom stereocenters. The molecule has 0 spiro atoms. The lowest BCUT2D eigenvalue weighted by molar-refractivity contribution is 0.598. The van der Waals surface area contributed by atoms with Gasteiger partial charge < -0.3 is 5.32 Å². The molecule has 5 nitrogen and oxygen atoms in total. The molecule has 106 valence electrons. The van der Waals surface area contributed by atoms with Crippen LogP contribution in [0.1, 0.15) is 0 Å². The number of fused-ring (bicyclic) bond motifs is 1. The minimum absolute atomic E-state index is 0.0701. The second-order valence-electron chi connectivity index (χ2n) is 4.61. The van der Waals surface area contributed by atoms with Gasteiger partial charge in [-0.2, -0.15) is 0 Å². The quantitative estimate of drug-likeness (QED) is 0.778. The van der Waals surface area contributed by atoms with E-state index >= 15 is 0 Å². The number of hydrogen-bond acceptors (Lipinski definition) is 4. The SMILES string of the molecule is NS(=O)(=O)c1cccc(Nc2cncc3ccccc23)c1. The molecule has 0 saturated carbocycles. The Hall–Kier alpha value is -2.44. The first-order chi connectivity index (χ1) is 10.0. The monoisotopic (exact) mass is 299 g/mol. The van der Waals surface area contributed by atoms with Crippen molar-refractivity contribution in [1.29, 1.82) is 0 Å². The van der Waals surface area contributed by atoms with E-state index in [9.17, 15) is 8.42 Å². The Bertz CT molecular complexity index is 902. The Labute approximate surface area is 122 Å². The van der Waals surface area contributed by atoms with Crippen molar-refractivity contribution < 1.29 is 8.42 Å². The van der Waals surface area contributed by atoms with E-state index in [1.807, 2.05) is 24.3 Å². The smallest absolute Gasteiger partial charge is 0.238 e. The molecule has 3 N–H and O–H groups in total. The van der Waals surface area contributed by atoms with Crippen molar-refractivity contribution >= 4 is 32.2 Å². The minimum atomic E-state index is -3.72. The molecule has 0 aliphatic heterocycles. The van der Waals surface area contributed by atoms with Gasteiger partial charge in [-0.1, -0.05) is 30.3 Å². The van der Waals surface area contributed by atoms with E-state index in [2.05, 4.69) is 10.3 Å². The molecular weight excluding hydrogens is 286 g/mol. The Kier molecular flexibility index (Phi) is 3.32. The summed E-state index contributed by atoms with van der Waals surface area (Å²) in [4.78, 5) is 4.24. The van der Waals surface area contributed by atoms with Crippen molar-refractivity contribution in [3.05, 3.63) is 60.9 Å². The molecule has 1 aromatic heterocycles. The largest absolute Gasteiger partial charge is 0.354 e. The van der Waals surface area contributed by atoms with Gasteiger partial charge in [0, 0.05) is 22.7 Å².